The van der Waals surface area contributed by atoms with Crippen LogP contribution in [0.2, 0.25) is 0 Å². The second-order valence-corrected chi connectivity index (χ2v) is 8.51. The summed E-state index contributed by atoms with van der Waals surface area (Å²) in [5, 5.41) is 0. The summed E-state index contributed by atoms with van der Waals surface area (Å²) in [5.74, 6) is 0.970. The van der Waals surface area contributed by atoms with Crippen molar-refractivity contribution in [3.05, 3.63) is 46.7 Å². The van der Waals surface area contributed by atoms with E-state index >= 15 is 0 Å². The summed E-state index contributed by atoms with van der Waals surface area (Å²) in [6.45, 7) is 3.18. The van der Waals surface area contributed by atoms with E-state index in [4.69, 9.17) is 0 Å². The number of rotatable bonds is 4. The molecule has 1 aromatic carbocycles. The molecule has 1 aromatic heterocycles. The van der Waals surface area contributed by atoms with Crippen LogP contribution in [0.1, 0.15) is 24.8 Å². The molecule has 6 nitrogen and oxygen atoms in total. The van der Waals surface area contributed by atoms with E-state index in [2.05, 4.69) is 60.9 Å². The Morgan fingerprint density at radius 2 is 1.89 bits per heavy atom. The highest BCUT2D eigenvalue weighted by atomic mass is 79.9. The topological polar surface area (TPSA) is 52.6 Å². The molecule has 1 fully saturated rings. The van der Waals surface area contributed by atoms with Gasteiger partial charge in [0.25, 0.3) is 0 Å². The standard InChI is InChI=1S/C21H26BrN5O/c1-25(21-23-13-17(22)14-24-21)18-8-11-26(12-9-18)15-20(28)27-10-4-6-16-5-2-3-7-19(16)27/h2-3,5,7,13-14,18H,4,6,8-12,15H2,1H3. The maximum absolute atomic E-state index is 12.9. The summed E-state index contributed by atoms with van der Waals surface area (Å²) < 4.78 is 0.886. The number of aryl methyl sites for hydroxylation is 1. The first-order valence-electron chi connectivity index (χ1n) is 9.93. The fraction of sp³-hybridized carbons (Fsp3) is 0.476. The van der Waals surface area contributed by atoms with E-state index in [0.29, 0.717) is 12.6 Å². The van der Waals surface area contributed by atoms with Gasteiger partial charge < -0.3 is 9.80 Å². The summed E-state index contributed by atoms with van der Waals surface area (Å²) in [6, 6.07) is 8.70. The largest absolute Gasteiger partial charge is 0.341 e. The molecule has 0 unspecified atom stereocenters. The van der Waals surface area contributed by atoms with Crippen molar-refractivity contribution >= 4 is 33.5 Å². The van der Waals surface area contributed by atoms with Gasteiger partial charge in [0, 0.05) is 50.8 Å². The predicted molar refractivity (Wildman–Crippen MR) is 115 cm³/mol. The Morgan fingerprint density at radius 3 is 2.64 bits per heavy atom. The summed E-state index contributed by atoms with van der Waals surface area (Å²) in [4.78, 5) is 28.2. The third-order valence-corrected chi connectivity index (χ3v) is 6.21. The quantitative estimate of drug-likeness (QED) is 0.726. The molecule has 0 radical (unpaired) electrons. The van der Waals surface area contributed by atoms with Gasteiger partial charge in [0.05, 0.1) is 11.0 Å². The van der Waals surface area contributed by atoms with Crippen molar-refractivity contribution in [1.29, 1.82) is 0 Å². The van der Waals surface area contributed by atoms with E-state index in [1.165, 1.54) is 5.56 Å². The number of hydrogen-bond donors (Lipinski definition) is 0. The number of piperidine rings is 1. The average molecular weight is 444 g/mol. The molecule has 1 amide bonds. The van der Waals surface area contributed by atoms with E-state index < -0.39 is 0 Å². The lowest BCUT2D eigenvalue weighted by Crippen LogP contribution is -2.48. The number of carbonyl (C=O) groups excluding carboxylic acids is 1. The van der Waals surface area contributed by atoms with E-state index in [-0.39, 0.29) is 5.91 Å². The Kier molecular flexibility index (Phi) is 5.92. The number of anilines is 2. The normalized spacial score (nSPS) is 18.0. The van der Waals surface area contributed by atoms with Crippen molar-refractivity contribution in [2.45, 2.75) is 31.7 Å². The number of halogens is 1. The van der Waals surface area contributed by atoms with Crippen LogP contribution >= 0.6 is 15.9 Å². The first kappa shape index (κ1) is 19.3. The molecule has 0 spiro atoms. The van der Waals surface area contributed by atoms with Crippen molar-refractivity contribution in [2.24, 2.45) is 0 Å². The number of para-hydroxylation sites is 1. The van der Waals surface area contributed by atoms with Crippen LogP contribution in [0.5, 0.6) is 0 Å². The summed E-state index contributed by atoms with van der Waals surface area (Å²) in [7, 11) is 2.05. The van der Waals surface area contributed by atoms with Crippen LogP contribution in [0.15, 0.2) is 41.1 Å². The second-order valence-electron chi connectivity index (χ2n) is 7.60. The monoisotopic (exact) mass is 443 g/mol. The van der Waals surface area contributed by atoms with Gasteiger partial charge in [-0.05, 0) is 53.2 Å². The Balaban J connectivity index is 1.32. The maximum Gasteiger partial charge on any atom is 0.241 e. The van der Waals surface area contributed by atoms with Crippen LogP contribution < -0.4 is 9.80 Å². The SMILES string of the molecule is CN(c1ncc(Br)cn1)C1CCN(CC(=O)N2CCCc3ccccc32)CC1. The minimum Gasteiger partial charge on any atom is -0.341 e. The first-order valence-corrected chi connectivity index (χ1v) is 10.7. The Morgan fingerprint density at radius 1 is 1.18 bits per heavy atom. The molecule has 7 heteroatoms. The van der Waals surface area contributed by atoms with Gasteiger partial charge in [-0.2, -0.15) is 0 Å². The highest BCUT2D eigenvalue weighted by Gasteiger charge is 2.28. The van der Waals surface area contributed by atoms with Gasteiger partial charge in [-0.3, -0.25) is 9.69 Å². The van der Waals surface area contributed by atoms with E-state index in [1.54, 1.807) is 12.4 Å². The Hall–Kier alpha value is -1.99. The van der Waals surface area contributed by atoms with Crippen molar-refractivity contribution in [2.75, 3.05) is 43.0 Å². The molecule has 0 aliphatic carbocycles. The number of hydrogen-bond acceptors (Lipinski definition) is 5. The van der Waals surface area contributed by atoms with Crippen LogP contribution in [-0.4, -0.2) is 60.0 Å². The lowest BCUT2D eigenvalue weighted by molar-refractivity contribution is -0.120. The molecule has 148 valence electrons. The molecular formula is C21H26BrN5O. The number of fused-ring (bicyclic) bond motifs is 1. The van der Waals surface area contributed by atoms with Crippen molar-refractivity contribution in [3.63, 3.8) is 0 Å². The van der Waals surface area contributed by atoms with Gasteiger partial charge in [0.2, 0.25) is 11.9 Å². The van der Waals surface area contributed by atoms with E-state index in [9.17, 15) is 4.79 Å². The highest BCUT2D eigenvalue weighted by Crippen LogP contribution is 2.27. The van der Waals surface area contributed by atoms with E-state index in [0.717, 1.165) is 61.4 Å². The number of amides is 1. The number of benzene rings is 1. The average Bonchev–Trinajstić information content (AvgIpc) is 2.74. The summed E-state index contributed by atoms with van der Waals surface area (Å²) in [5.41, 5.74) is 2.39. The number of aromatic nitrogens is 2. The lowest BCUT2D eigenvalue weighted by atomic mass is 10.0. The number of nitrogens with zero attached hydrogens (tertiary/aromatic N) is 5. The van der Waals surface area contributed by atoms with Crippen molar-refractivity contribution < 1.29 is 4.79 Å². The fourth-order valence-corrected chi connectivity index (χ4v) is 4.39. The third-order valence-electron chi connectivity index (χ3n) is 5.80. The van der Waals surface area contributed by atoms with Gasteiger partial charge in [-0.1, -0.05) is 18.2 Å². The van der Waals surface area contributed by atoms with Gasteiger partial charge in [0.1, 0.15) is 0 Å². The first-order chi connectivity index (χ1) is 13.6. The fourth-order valence-electron chi connectivity index (χ4n) is 4.18. The van der Waals surface area contributed by atoms with Crippen LogP contribution in [0.3, 0.4) is 0 Å². The van der Waals surface area contributed by atoms with Crippen molar-refractivity contribution in [1.82, 2.24) is 14.9 Å². The maximum atomic E-state index is 12.9. The third kappa shape index (κ3) is 4.20. The molecule has 28 heavy (non-hydrogen) atoms. The molecule has 0 saturated carbocycles. The molecule has 2 aliphatic heterocycles. The molecular weight excluding hydrogens is 418 g/mol. The molecule has 2 aliphatic rings. The van der Waals surface area contributed by atoms with Crippen LogP contribution in [0.25, 0.3) is 0 Å². The second kappa shape index (κ2) is 8.57. The predicted octanol–water partition coefficient (Wildman–Crippen LogP) is 3.12. The van der Waals surface area contributed by atoms with Crippen molar-refractivity contribution in [3.8, 4) is 0 Å². The lowest BCUT2D eigenvalue weighted by Gasteiger charge is -2.37. The summed E-state index contributed by atoms with van der Waals surface area (Å²) in [6.07, 6.45) is 7.70. The zero-order valence-electron chi connectivity index (χ0n) is 16.2. The van der Waals surface area contributed by atoms with Gasteiger partial charge in [-0.25, -0.2) is 9.97 Å². The molecule has 2 aromatic rings. The molecule has 4 rings (SSSR count). The van der Waals surface area contributed by atoms with Crippen LogP contribution in [-0.2, 0) is 11.2 Å². The highest BCUT2D eigenvalue weighted by molar-refractivity contribution is 9.10. The zero-order chi connectivity index (χ0) is 19.5. The minimum absolute atomic E-state index is 0.218. The van der Waals surface area contributed by atoms with Crippen LogP contribution in [0.4, 0.5) is 11.6 Å². The van der Waals surface area contributed by atoms with E-state index in [1.807, 2.05) is 11.0 Å². The molecule has 0 bridgehead atoms. The molecule has 3 heterocycles. The summed E-state index contributed by atoms with van der Waals surface area (Å²) >= 11 is 3.38. The van der Waals surface area contributed by atoms with Gasteiger partial charge in [-0.15, -0.1) is 0 Å². The van der Waals surface area contributed by atoms with Gasteiger partial charge in [0.15, 0.2) is 0 Å². The molecule has 1 saturated heterocycles. The molecule has 0 atom stereocenters. The number of carbonyl (C=O) groups is 1. The smallest absolute Gasteiger partial charge is 0.241 e. The van der Waals surface area contributed by atoms with Crippen LogP contribution in [0, 0.1) is 0 Å². The van der Waals surface area contributed by atoms with Gasteiger partial charge >= 0.3 is 0 Å². The molecule has 0 N–H and O–H groups in total. The minimum atomic E-state index is 0.218. The number of likely N-dealkylation sites (tertiary alicyclic amines) is 1. The zero-order valence-corrected chi connectivity index (χ0v) is 17.8. The Labute approximate surface area is 174 Å². The Bertz CT molecular complexity index is 820.